The van der Waals surface area contributed by atoms with Crippen LogP contribution in [0.4, 0.5) is 0 Å². The van der Waals surface area contributed by atoms with Crippen molar-refractivity contribution < 1.29 is 4.74 Å². The van der Waals surface area contributed by atoms with Gasteiger partial charge in [0.1, 0.15) is 0 Å². The number of ether oxygens (including phenoxy) is 1. The Kier molecular flexibility index (Phi) is 8.07. The van der Waals surface area contributed by atoms with Gasteiger partial charge in [-0.1, -0.05) is 98.8 Å². The summed E-state index contributed by atoms with van der Waals surface area (Å²) < 4.78 is 5.53. The summed E-state index contributed by atoms with van der Waals surface area (Å²) in [6.07, 6.45) is 2.33. The largest absolute Gasteiger partial charge is 0.377 e. The Morgan fingerprint density at radius 3 is 1.62 bits per heavy atom. The zero-order valence-electron chi connectivity index (χ0n) is 18.1. The molecule has 152 valence electrons. The first kappa shape index (κ1) is 21.3. The molecule has 0 aromatic heterocycles. The Hall–Kier alpha value is -2.38. The van der Waals surface area contributed by atoms with Crippen LogP contribution in [0, 0.1) is 0 Å². The van der Waals surface area contributed by atoms with Gasteiger partial charge in [0.05, 0.1) is 6.61 Å². The predicted octanol–water partition coefficient (Wildman–Crippen LogP) is 7.69. The molecule has 0 radical (unpaired) electrons. The molecule has 1 heteroatoms. The van der Waals surface area contributed by atoms with Gasteiger partial charge in [0.2, 0.25) is 0 Å². The van der Waals surface area contributed by atoms with E-state index in [2.05, 4.69) is 98.8 Å². The molecule has 0 spiro atoms. The highest BCUT2D eigenvalue weighted by Crippen LogP contribution is 2.37. The molecule has 3 unspecified atom stereocenters. The van der Waals surface area contributed by atoms with Crippen LogP contribution in [-0.4, -0.2) is 6.61 Å². The molecule has 0 saturated carbocycles. The Bertz CT molecular complexity index is 823. The second-order valence-electron chi connectivity index (χ2n) is 8.17. The molecule has 3 aromatic carbocycles. The Morgan fingerprint density at radius 2 is 1.10 bits per heavy atom. The van der Waals surface area contributed by atoms with Gasteiger partial charge in [-0.2, -0.15) is 0 Å². The van der Waals surface area contributed by atoms with E-state index in [1.807, 2.05) is 6.92 Å². The maximum Gasteiger partial charge on any atom is 0.0716 e. The van der Waals surface area contributed by atoms with Crippen LogP contribution >= 0.6 is 0 Å². The van der Waals surface area contributed by atoms with Gasteiger partial charge >= 0.3 is 0 Å². The number of hydrogen-bond acceptors (Lipinski definition) is 1. The van der Waals surface area contributed by atoms with Gasteiger partial charge in [-0.25, -0.2) is 0 Å². The molecule has 0 amide bonds. The zero-order chi connectivity index (χ0) is 20.5. The molecular weight excluding hydrogens is 352 g/mol. The van der Waals surface area contributed by atoms with E-state index < -0.39 is 0 Å². The molecule has 0 bridgehead atoms. The second kappa shape index (κ2) is 11.0. The van der Waals surface area contributed by atoms with Crippen LogP contribution in [0.2, 0.25) is 0 Å². The fourth-order valence-corrected chi connectivity index (χ4v) is 4.16. The van der Waals surface area contributed by atoms with Gasteiger partial charge in [-0.15, -0.1) is 0 Å². The zero-order valence-corrected chi connectivity index (χ0v) is 18.1. The topological polar surface area (TPSA) is 9.23 Å². The maximum atomic E-state index is 5.53. The molecule has 0 saturated heterocycles. The standard InChI is InChI=1S/C28H34O/c1-4-29-21-24-15-17-26(18-16-24)23(3)20-28(27-13-9-6-10-14-27)19-22(2)25-11-7-5-8-12-25/h5-18,22-23,28H,4,19-21H2,1-3H3. The predicted molar refractivity (Wildman–Crippen MR) is 123 cm³/mol. The third-order valence-corrected chi connectivity index (χ3v) is 5.94. The highest BCUT2D eigenvalue weighted by atomic mass is 16.5. The minimum Gasteiger partial charge on any atom is -0.377 e. The normalized spacial score (nSPS) is 14.3. The molecule has 0 fully saturated rings. The fourth-order valence-electron chi connectivity index (χ4n) is 4.16. The summed E-state index contributed by atoms with van der Waals surface area (Å²) in [6.45, 7) is 8.22. The van der Waals surface area contributed by atoms with Crippen molar-refractivity contribution in [1.29, 1.82) is 0 Å². The lowest BCUT2D eigenvalue weighted by molar-refractivity contribution is 0.134. The summed E-state index contributed by atoms with van der Waals surface area (Å²) in [6, 6.07) is 30.9. The van der Waals surface area contributed by atoms with Crippen LogP contribution in [0.1, 0.15) is 73.6 Å². The van der Waals surface area contributed by atoms with E-state index in [4.69, 9.17) is 4.74 Å². The average molecular weight is 387 g/mol. The van der Waals surface area contributed by atoms with Gasteiger partial charge < -0.3 is 4.74 Å². The summed E-state index contributed by atoms with van der Waals surface area (Å²) in [5, 5.41) is 0. The second-order valence-corrected chi connectivity index (χ2v) is 8.17. The average Bonchev–Trinajstić information content (AvgIpc) is 2.78. The molecule has 3 rings (SSSR count). The Morgan fingerprint density at radius 1 is 0.621 bits per heavy atom. The van der Waals surface area contributed by atoms with Crippen molar-refractivity contribution in [2.24, 2.45) is 0 Å². The van der Waals surface area contributed by atoms with Crippen LogP contribution in [0.3, 0.4) is 0 Å². The highest BCUT2D eigenvalue weighted by molar-refractivity contribution is 5.27. The van der Waals surface area contributed by atoms with Gasteiger partial charge in [-0.3, -0.25) is 0 Å². The van der Waals surface area contributed by atoms with Crippen molar-refractivity contribution in [2.75, 3.05) is 6.61 Å². The van der Waals surface area contributed by atoms with Gasteiger partial charge in [0.15, 0.2) is 0 Å². The highest BCUT2D eigenvalue weighted by Gasteiger charge is 2.20. The van der Waals surface area contributed by atoms with Crippen molar-refractivity contribution >= 4 is 0 Å². The fraction of sp³-hybridized carbons (Fsp3) is 0.357. The van der Waals surface area contributed by atoms with E-state index in [-0.39, 0.29) is 0 Å². The lowest BCUT2D eigenvalue weighted by Crippen LogP contribution is -2.08. The van der Waals surface area contributed by atoms with Gasteiger partial charge in [0, 0.05) is 6.61 Å². The molecule has 3 aromatic rings. The van der Waals surface area contributed by atoms with E-state index in [9.17, 15) is 0 Å². The molecule has 0 aliphatic heterocycles. The van der Waals surface area contributed by atoms with E-state index >= 15 is 0 Å². The first-order valence-corrected chi connectivity index (χ1v) is 10.9. The minimum atomic E-state index is 0.518. The SMILES string of the molecule is CCOCc1ccc(C(C)CC(CC(C)c2ccccc2)c2ccccc2)cc1. The van der Waals surface area contributed by atoms with Crippen LogP contribution in [-0.2, 0) is 11.3 Å². The summed E-state index contributed by atoms with van der Waals surface area (Å²) in [4.78, 5) is 0. The third kappa shape index (κ3) is 6.30. The molecule has 1 nitrogen and oxygen atoms in total. The molecule has 0 heterocycles. The third-order valence-electron chi connectivity index (χ3n) is 5.94. The van der Waals surface area contributed by atoms with Gasteiger partial charge in [0.25, 0.3) is 0 Å². The summed E-state index contributed by atoms with van der Waals surface area (Å²) in [7, 11) is 0. The molecule has 3 atom stereocenters. The lowest BCUT2D eigenvalue weighted by Gasteiger charge is -2.25. The van der Waals surface area contributed by atoms with Crippen molar-refractivity contribution in [2.45, 2.75) is 58.0 Å². The smallest absolute Gasteiger partial charge is 0.0716 e. The quantitative estimate of drug-likeness (QED) is 0.347. The van der Waals surface area contributed by atoms with Crippen LogP contribution in [0.15, 0.2) is 84.9 Å². The molecule has 0 N–H and O–H groups in total. The van der Waals surface area contributed by atoms with Crippen LogP contribution in [0.5, 0.6) is 0 Å². The minimum absolute atomic E-state index is 0.518. The van der Waals surface area contributed by atoms with Crippen molar-refractivity contribution in [3.05, 3.63) is 107 Å². The molecule has 0 aliphatic rings. The summed E-state index contributed by atoms with van der Waals surface area (Å²) >= 11 is 0. The van der Waals surface area contributed by atoms with E-state index in [1.54, 1.807) is 0 Å². The number of benzene rings is 3. The first-order chi connectivity index (χ1) is 14.2. The van der Waals surface area contributed by atoms with Crippen molar-refractivity contribution in [3.63, 3.8) is 0 Å². The van der Waals surface area contributed by atoms with E-state index in [0.717, 1.165) is 13.0 Å². The Balaban J connectivity index is 1.72. The van der Waals surface area contributed by atoms with Crippen molar-refractivity contribution in [1.82, 2.24) is 0 Å². The monoisotopic (exact) mass is 386 g/mol. The molecule has 0 aliphatic carbocycles. The first-order valence-electron chi connectivity index (χ1n) is 10.9. The molecule has 29 heavy (non-hydrogen) atoms. The Labute approximate surface area is 176 Å². The van der Waals surface area contributed by atoms with Crippen LogP contribution < -0.4 is 0 Å². The summed E-state index contributed by atoms with van der Waals surface area (Å²) in [5.41, 5.74) is 5.55. The number of rotatable bonds is 10. The lowest BCUT2D eigenvalue weighted by atomic mass is 9.79. The maximum absolute atomic E-state index is 5.53. The van der Waals surface area contributed by atoms with Crippen LogP contribution in [0.25, 0.3) is 0 Å². The summed E-state index contributed by atoms with van der Waals surface area (Å²) in [5.74, 6) is 1.61. The van der Waals surface area contributed by atoms with E-state index in [1.165, 1.54) is 28.7 Å². The van der Waals surface area contributed by atoms with Gasteiger partial charge in [-0.05, 0) is 59.8 Å². The van der Waals surface area contributed by atoms with E-state index in [0.29, 0.717) is 24.4 Å². The molecular formula is C28H34O. The number of hydrogen-bond donors (Lipinski definition) is 0. The van der Waals surface area contributed by atoms with Crippen molar-refractivity contribution in [3.8, 4) is 0 Å².